The number of nitrogens with one attached hydrogen (secondary N) is 1. The monoisotopic (exact) mass is 289 g/mol. The van der Waals surface area contributed by atoms with Crippen LogP contribution in [0.15, 0.2) is 30.3 Å². The number of hydrogen-bond acceptors (Lipinski definition) is 1. The zero-order valence-electron chi connectivity index (χ0n) is 14.0. The maximum Gasteiger partial charge on any atom is 0.123 e. The lowest BCUT2D eigenvalue weighted by molar-refractivity contribution is 0.491. The van der Waals surface area contributed by atoms with Gasteiger partial charge >= 0.3 is 0 Å². The highest BCUT2D eigenvalue weighted by Crippen LogP contribution is 2.49. The van der Waals surface area contributed by atoms with Crippen LogP contribution in [-0.2, 0) is 0 Å². The molecule has 1 aromatic carbocycles. The fourth-order valence-electron chi connectivity index (χ4n) is 4.31. The molecule has 0 radical (unpaired) electrons. The summed E-state index contributed by atoms with van der Waals surface area (Å²) in [5.74, 6) is 1.61. The normalized spacial score (nSPS) is 27.8. The lowest BCUT2D eigenvalue weighted by Gasteiger charge is -2.39. The Morgan fingerprint density at radius 2 is 1.65 bits per heavy atom. The molecule has 0 heterocycles. The van der Waals surface area contributed by atoms with Crippen molar-refractivity contribution in [1.29, 1.82) is 0 Å². The molecule has 1 fully saturated rings. The predicted octanol–water partition coefficient (Wildman–Crippen LogP) is 5.16. The van der Waals surface area contributed by atoms with Crippen molar-refractivity contribution >= 4 is 8.24 Å². The molecule has 1 saturated carbocycles. The van der Waals surface area contributed by atoms with Crippen LogP contribution in [0.1, 0.15) is 52.0 Å². The van der Waals surface area contributed by atoms with Crippen LogP contribution in [0.4, 0.5) is 0 Å². The molecule has 20 heavy (non-hydrogen) atoms. The fourth-order valence-corrected chi connectivity index (χ4v) is 8.86. The van der Waals surface area contributed by atoms with Gasteiger partial charge in [-0.25, -0.2) is 0 Å². The Kier molecular flexibility index (Phi) is 4.46. The summed E-state index contributed by atoms with van der Waals surface area (Å²) in [6.07, 6.45) is 2.73. The van der Waals surface area contributed by atoms with E-state index in [1.807, 2.05) is 0 Å². The van der Waals surface area contributed by atoms with Gasteiger partial charge in [-0.3, -0.25) is 0 Å². The molecule has 112 valence electrons. The smallest absolute Gasteiger partial charge is 0.123 e. The first kappa shape index (κ1) is 15.8. The third-order valence-corrected chi connectivity index (χ3v) is 8.83. The van der Waals surface area contributed by atoms with Crippen molar-refractivity contribution in [2.24, 2.45) is 5.92 Å². The Balaban J connectivity index is 2.11. The van der Waals surface area contributed by atoms with Gasteiger partial charge in [0.15, 0.2) is 0 Å². The molecule has 0 amide bonds. The Morgan fingerprint density at radius 1 is 1.05 bits per heavy atom. The molecule has 0 aromatic heterocycles. The number of rotatable bonds is 3. The largest absolute Gasteiger partial charge is 0.332 e. The zero-order chi connectivity index (χ0) is 15.0. The molecular formula is C18H31NSi. The Morgan fingerprint density at radius 3 is 2.20 bits per heavy atom. The molecule has 1 aliphatic rings. The summed E-state index contributed by atoms with van der Waals surface area (Å²) in [5.41, 5.74) is 2.66. The lowest BCUT2D eigenvalue weighted by Crippen LogP contribution is -2.57. The molecule has 1 aromatic rings. The van der Waals surface area contributed by atoms with Crippen LogP contribution in [-0.4, -0.2) is 13.8 Å². The van der Waals surface area contributed by atoms with E-state index in [0.29, 0.717) is 0 Å². The summed E-state index contributed by atoms with van der Waals surface area (Å²) < 4.78 is 0. The van der Waals surface area contributed by atoms with Gasteiger partial charge in [-0.15, -0.1) is 0 Å². The Labute approximate surface area is 126 Å². The van der Waals surface area contributed by atoms with E-state index in [1.54, 1.807) is 5.56 Å². The molecule has 1 aliphatic carbocycles. The first-order valence-corrected chi connectivity index (χ1v) is 11.1. The molecule has 0 spiro atoms. The molecule has 0 bridgehead atoms. The summed E-state index contributed by atoms with van der Waals surface area (Å²) in [6.45, 7) is 14.4. The van der Waals surface area contributed by atoms with Gasteiger partial charge in [0.05, 0.1) is 0 Å². The molecule has 3 atom stereocenters. The molecule has 0 saturated heterocycles. The topological polar surface area (TPSA) is 12.0 Å². The predicted molar refractivity (Wildman–Crippen MR) is 91.7 cm³/mol. The first-order valence-electron chi connectivity index (χ1n) is 8.03. The van der Waals surface area contributed by atoms with Crippen molar-refractivity contribution in [2.75, 3.05) is 0 Å². The van der Waals surface area contributed by atoms with Crippen molar-refractivity contribution < 1.29 is 0 Å². The van der Waals surface area contributed by atoms with Gasteiger partial charge < -0.3 is 4.98 Å². The second-order valence-corrected chi connectivity index (χ2v) is 12.7. The lowest BCUT2D eigenvalue weighted by atomic mass is 9.97. The highest BCUT2D eigenvalue weighted by Gasteiger charge is 2.43. The average Bonchev–Trinajstić information content (AvgIpc) is 2.70. The van der Waals surface area contributed by atoms with Gasteiger partial charge in [0, 0.05) is 5.54 Å². The van der Waals surface area contributed by atoms with Gasteiger partial charge in [0.25, 0.3) is 0 Å². The molecule has 2 heteroatoms. The Bertz CT molecular complexity index is 432. The van der Waals surface area contributed by atoms with Gasteiger partial charge in [0.1, 0.15) is 8.24 Å². The van der Waals surface area contributed by atoms with Crippen molar-refractivity contribution in [3.63, 3.8) is 0 Å². The number of benzene rings is 1. The van der Waals surface area contributed by atoms with Crippen LogP contribution in [0, 0.1) is 5.92 Å². The SMILES string of the molecule is CC1CC(c2ccccc2)CC1[Si](C)(C)NC(C)(C)C. The molecular weight excluding hydrogens is 258 g/mol. The summed E-state index contributed by atoms with van der Waals surface area (Å²) >= 11 is 0. The first-order chi connectivity index (χ1) is 9.19. The van der Waals surface area contributed by atoms with Gasteiger partial charge in [-0.2, -0.15) is 0 Å². The quantitative estimate of drug-likeness (QED) is 0.758. The summed E-state index contributed by atoms with van der Waals surface area (Å²) in [6, 6.07) is 11.1. The van der Waals surface area contributed by atoms with E-state index in [-0.39, 0.29) is 5.54 Å². The van der Waals surface area contributed by atoms with Gasteiger partial charge in [-0.05, 0) is 56.6 Å². The molecule has 3 unspecified atom stereocenters. The van der Waals surface area contributed by atoms with E-state index < -0.39 is 8.24 Å². The van der Waals surface area contributed by atoms with Crippen molar-refractivity contribution in [3.05, 3.63) is 35.9 Å². The highest BCUT2D eigenvalue weighted by atomic mass is 28.3. The van der Waals surface area contributed by atoms with Crippen LogP contribution in [0.25, 0.3) is 0 Å². The fraction of sp³-hybridized carbons (Fsp3) is 0.667. The van der Waals surface area contributed by atoms with Crippen molar-refractivity contribution in [2.45, 2.75) is 70.6 Å². The number of hydrogen-bond donors (Lipinski definition) is 1. The van der Waals surface area contributed by atoms with Crippen LogP contribution < -0.4 is 4.98 Å². The molecule has 2 rings (SSSR count). The van der Waals surface area contributed by atoms with Crippen LogP contribution >= 0.6 is 0 Å². The Hall–Kier alpha value is -0.603. The summed E-state index contributed by atoms with van der Waals surface area (Å²) in [5, 5.41) is 0. The maximum absolute atomic E-state index is 3.98. The zero-order valence-corrected chi connectivity index (χ0v) is 15.0. The van der Waals surface area contributed by atoms with Crippen molar-refractivity contribution in [3.8, 4) is 0 Å². The van der Waals surface area contributed by atoms with E-state index in [0.717, 1.165) is 17.4 Å². The van der Waals surface area contributed by atoms with E-state index >= 15 is 0 Å². The molecule has 1 nitrogen and oxygen atoms in total. The minimum Gasteiger partial charge on any atom is -0.332 e. The second-order valence-electron chi connectivity index (χ2n) is 8.26. The van der Waals surface area contributed by atoms with Crippen molar-refractivity contribution in [1.82, 2.24) is 4.98 Å². The van der Waals surface area contributed by atoms with Crippen LogP contribution in [0.3, 0.4) is 0 Å². The third kappa shape index (κ3) is 3.73. The second kappa shape index (κ2) is 5.65. The minimum atomic E-state index is -1.39. The molecule has 0 aliphatic heterocycles. The standard InChI is InChI=1S/C18H31NSi/c1-14-12-16(15-10-8-7-9-11-15)13-17(14)20(5,6)19-18(2,3)4/h7-11,14,16-17,19H,12-13H2,1-6H3. The average molecular weight is 290 g/mol. The minimum absolute atomic E-state index is 0.236. The summed E-state index contributed by atoms with van der Waals surface area (Å²) in [7, 11) is -1.39. The highest BCUT2D eigenvalue weighted by molar-refractivity contribution is 6.76. The van der Waals surface area contributed by atoms with E-state index in [1.165, 1.54) is 12.8 Å². The van der Waals surface area contributed by atoms with Gasteiger partial charge in [0.2, 0.25) is 0 Å². The third-order valence-electron chi connectivity index (χ3n) is 4.78. The molecule has 1 N–H and O–H groups in total. The summed E-state index contributed by atoms with van der Waals surface area (Å²) in [4.78, 5) is 3.98. The van der Waals surface area contributed by atoms with Crippen LogP contribution in [0.5, 0.6) is 0 Å². The maximum atomic E-state index is 3.98. The van der Waals surface area contributed by atoms with Crippen LogP contribution in [0.2, 0.25) is 18.6 Å². The van der Waals surface area contributed by atoms with E-state index in [2.05, 4.69) is 76.1 Å². The van der Waals surface area contributed by atoms with E-state index in [4.69, 9.17) is 0 Å². The van der Waals surface area contributed by atoms with E-state index in [9.17, 15) is 0 Å². The van der Waals surface area contributed by atoms with Gasteiger partial charge in [-0.1, -0.05) is 50.3 Å².